The number of piperidine rings is 1. The average molecular weight is 585 g/mol. The molecule has 1 aliphatic rings. The first-order valence-corrected chi connectivity index (χ1v) is 17.6. The normalized spacial score (nSPS) is 18.4. The van der Waals surface area contributed by atoms with Crippen LogP contribution < -0.4 is 5.43 Å². The van der Waals surface area contributed by atoms with Gasteiger partial charge in [0.15, 0.2) is 5.43 Å². The molecule has 0 unspecified atom stereocenters. The number of hydrogen-bond donors (Lipinski definition) is 0. The number of rotatable bonds is 7. The van der Waals surface area contributed by atoms with Crippen LogP contribution in [-0.4, -0.2) is 52.7 Å². The second-order valence-electron chi connectivity index (χ2n) is 12.1. The van der Waals surface area contributed by atoms with Crippen molar-refractivity contribution in [1.82, 2.24) is 19.0 Å². The van der Waals surface area contributed by atoms with Crippen LogP contribution >= 0.6 is 0 Å². The van der Waals surface area contributed by atoms with Crippen molar-refractivity contribution < 1.29 is 22.7 Å². The Morgan fingerprint density at radius 1 is 1.12 bits per heavy atom. The minimum Gasteiger partial charge on any atom is -0.361 e. The Morgan fingerprint density at radius 3 is 2.63 bits per heavy atom. The van der Waals surface area contributed by atoms with Crippen LogP contribution in [0.15, 0.2) is 59.8 Å². The van der Waals surface area contributed by atoms with E-state index in [-0.39, 0.29) is 23.0 Å². The second kappa shape index (κ2) is 11.1. The third kappa shape index (κ3) is 6.11. The Labute approximate surface area is 237 Å². The summed E-state index contributed by atoms with van der Waals surface area (Å²) >= 11 is 0. The standard InChI is InChI=1S/C30H35F3N4O3Si/c1-20-8-11-35(29(39)21-6-5-7-22(16-21)30(31,32)33)18-25(20)37-13-10-26(38)24-17-34-28-23(27(24)37)9-12-36(28)19-40-14-15-41(2,3)4/h5-7,9-10,12-13,16-17,20,25H,8,11,14-15,18-19H2,1-4H3/t20-,25+/m1/s1. The van der Waals surface area contributed by atoms with Crippen molar-refractivity contribution in [3.63, 3.8) is 0 Å². The molecule has 4 aromatic rings. The van der Waals surface area contributed by atoms with Crippen molar-refractivity contribution in [2.45, 2.75) is 58.0 Å². The van der Waals surface area contributed by atoms with Crippen LogP contribution in [-0.2, 0) is 17.6 Å². The lowest BCUT2D eigenvalue weighted by Crippen LogP contribution is -2.44. The van der Waals surface area contributed by atoms with Crippen LogP contribution in [0.5, 0.6) is 0 Å². The number of nitrogens with zero attached hydrogens (tertiary/aromatic N) is 4. The predicted molar refractivity (Wildman–Crippen MR) is 156 cm³/mol. The monoisotopic (exact) mass is 584 g/mol. The Morgan fingerprint density at radius 2 is 1.90 bits per heavy atom. The summed E-state index contributed by atoms with van der Waals surface area (Å²) in [5.41, 5.74) is 0.445. The topological polar surface area (TPSA) is 69.4 Å². The molecule has 3 aromatic heterocycles. The molecule has 5 rings (SSSR count). The van der Waals surface area contributed by atoms with Crippen molar-refractivity contribution in [2.24, 2.45) is 5.92 Å². The molecule has 7 nitrogen and oxygen atoms in total. The molecule has 4 heterocycles. The summed E-state index contributed by atoms with van der Waals surface area (Å²) in [6, 6.07) is 8.86. The molecule has 218 valence electrons. The molecule has 0 bridgehead atoms. The smallest absolute Gasteiger partial charge is 0.361 e. The molecule has 0 spiro atoms. The lowest BCUT2D eigenvalue weighted by molar-refractivity contribution is -0.137. The first-order valence-electron chi connectivity index (χ1n) is 13.9. The average Bonchev–Trinajstić information content (AvgIpc) is 3.34. The molecule has 2 atom stereocenters. The fourth-order valence-electron chi connectivity index (χ4n) is 5.42. The molecule has 1 fully saturated rings. The van der Waals surface area contributed by atoms with Gasteiger partial charge in [0.25, 0.3) is 5.91 Å². The summed E-state index contributed by atoms with van der Waals surface area (Å²) in [5.74, 6) is -0.284. The maximum atomic E-state index is 13.4. The third-order valence-corrected chi connectivity index (χ3v) is 9.60. The van der Waals surface area contributed by atoms with E-state index < -0.39 is 25.7 Å². The van der Waals surface area contributed by atoms with Gasteiger partial charge in [-0.1, -0.05) is 32.6 Å². The number of halogens is 3. The number of benzene rings is 1. The second-order valence-corrected chi connectivity index (χ2v) is 17.8. The van der Waals surface area contributed by atoms with Crippen molar-refractivity contribution in [3.05, 3.63) is 76.3 Å². The van der Waals surface area contributed by atoms with Gasteiger partial charge in [-0.25, -0.2) is 4.98 Å². The molecule has 1 aliphatic heterocycles. The number of likely N-dealkylation sites (tertiary alicyclic amines) is 1. The van der Waals surface area contributed by atoms with Crippen LogP contribution in [0.4, 0.5) is 13.2 Å². The fraction of sp³-hybridized carbons (Fsp3) is 0.433. The molecule has 1 amide bonds. The van der Waals surface area contributed by atoms with E-state index in [0.29, 0.717) is 43.9 Å². The maximum absolute atomic E-state index is 13.4. The zero-order chi connectivity index (χ0) is 29.5. The molecular weight excluding hydrogens is 549 g/mol. The minimum absolute atomic E-state index is 0.00989. The summed E-state index contributed by atoms with van der Waals surface area (Å²) in [4.78, 5) is 32.4. The molecule has 0 aliphatic carbocycles. The molecule has 1 aromatic carbocycles. The summed E-state index contributed by atoms with van der Waals surface area (Å²) in [5, 5.41) is 1.29. The number of ether oxygens (including phenoxy) is 1. The highest BCUT2D eigenvalue weighted by molar-refractivity contribution is 6.76. The number of alkyl halides is 3. The largest absolute Gasteiger partial charge is 0.416 e. The van der Waals surface area contributed by atoms with Gasteiger partial charge in [0.05, 0.1) is 22.5 Å². The number of pyridine rings is 2. The molecule has 1 saturated heterocycles. The Balaban J connectivity index is 1.47. The van der Waals surface area contributed by atoms with Gasteiger partial charge < -0.3 is 18.8 Å². The molecular formula is C30H35F3N4O3Si. The Kier molecular flexibility index (Phi) is 7.86. The first-order chi connectivity index (χ1) is 19.3. The number of aromatic nitrogens is 3. The van der Waals surface area contributed by atoms with E-state index in [1.165, 1.54) is 18.2 Å². The van der Waals surface area contributed by atoms with Crippen molar-refractivity contribution in [3.8, 4) is 0 Å². The zero-order valence-corrected chi connectivity index (χ0v) is 24.7. The van der Waals surface area contributed by atoms with Crippen LogP contribution in [0, 0.1) is 5.92 Å². The number of carbonyl (C=O) groups is 1. The molecule has 41 heavy (non-hydrogen) atoms. The highest BCUT2D eigenvalue weighted by Gasteiger charge is 2.34. The van der Waals surface area contributed by atoms with E-state index in [4.69, 9.17) is 4.74 Å². The van der Waals surface area contributed by atoms with Crippen molar-refractivity contribution >= 4 is 35.9 Å². The molecule has 0 radical (unpaired) electrons. The van der Waals surface area contributed by atoms with E-state index in [1.54, 1.807) is 17.3 Å². The quantitative estimate of drug-likeness (QED) is 0.186. The molecule has 11 heteroatoms. The number of hydrogen-bond acceptors (Lipinski definition) is 4. The van der Waals surface area contributed by atoms with E-state index in [1.807, 2.05) is 21.4 Å². The van der Waals surface area contributed by atoms with Crippen molar-refractivity contribution in [2.75, 3.05) is 19.7 Å². The minimum atomic E-state index is -4.53. The summed E-state index contributed by atoms with van der Waals surface area (Å²) in [6.07, 6.45) is 1.39. The highest BCUT2D eigenvalue weighted by Crippen LogP contribution is 2.34. The summed E-state index contributed by atoms with van der Waals surface area (Å²) in [6.45, 7) is 10.8. The Hall–Kier alpha value is -3.44. The first kappa shape index (κ1) is 29.1. The molecule has 0 N–H and O–H groups in total. The van der Waals surface area contributed by atoms with Gasteiger partial charge in [-0.3, -0.25) is 9.59 Å². The van der Waals surface area contributed by atoms with E-state index in [9.17, 15) is 22.8 Å². The maximum Gasteiger partial charge on any atom is 0.416 e. The fourth-order valence-corrected chi connectivity index (χ4v) is 6.18. The van der Waals surface area contributed by atoms with Crippen LogP contribution in [0.2, 0.25) is 25.7 Å². The van der Waals surface area contributed by atoms with Crippen molar-refractivity contribution in [1.29, 1.82) is 0 Å². The predicted octanol–water partition coefficient (Wildman–Crippen LogP) is 6.41. The van der Waals surface area contributed by atoms with Gasteiger partial charge in [-0.2, -0.15) is 13.2 Å². The van der Waals surface area contributed by atoms with Gasteiger partial charge in [0, 0.05) is 63.4 Å². The van der Waals surface area contributed by atoms with Gasteiger partial charge in [0.2, 0.25) is 0 Å². The third-order valence-electron chi connectivity index (χ3n) is 7.90. The lowest BCUT2D eigenvalue weighted by atomic mass is 9.92. The van der Waals surface area contributed by atoms with Crippen LogP contribution in [0.1, 0.15) is 35.3 Å². The SMILES string of the molecule is C[C@@H]1CCN(C(=O)c2cccc(C(F)(F)F)c2)C[C@@H]1n1ccc(=O)c2cnc3c(ccn3COCC[Si](C)(C)C)c21. The van der Waals surface area contributed by atoms with E-state index in [0.717, 1.165) is 29.1 Å². The molecule has 0 saturated carbocycles. The van der Waals surface area contributed by atoms with Crippen LogP contribution in [0.3, 0.4) is 0 Å². The van der Waals surface area contributed by atoms with E-state index in [2.05, 4.69) is 31.5 Å². The summed E-state index contributed by atoms with van der Waals surface area (Å²) in [7, 11) is -1.22. The van der Waals surface area contributed by atoms with Gasteiger partial charge in [-0.05, 0) is 42.6 Å². The van der Waals surface area contributed by atoms with Gasteiger partial charge in [0.1, 0.15) is 12.4 Å². The number of fused-ring (bicyclic) bond motifs is 3. The Bertz CT molecular complexity index is 1640. The van der Waals surface area contributed by atoms with Gasteiger partial charge in [-0.15, -0.1) is 0 Å². The summed E-state index contributed by atoms with van der Waals surface area (Å²) < 4.78 is 49.8. The van der Waals surface area contributed by atoms with Crippen LogP contribution in [0.25, 0.3) is 21.9 Å². The zero-order valence-electron chi connectivity index (χ0n) is 23.7. The number of amides is 1. The highest BCUT2D eigenvalue weighted by atomic mass is 28.3. The lowest BCUT2D eigenvalue weighted by Gasteiger charge is -2.39. The number of carbonyl (C=O) groups excluding carboxylic acids is 1. The van der Waals surface area contributed by atoms with Gasteiger partial charge >= 0.3 is 6.18 Å². The van der Waals surface area contributed by atoms with E-state index >= 15 is 0 Å².